The minimum absolute atomic E-state index is 0.0445. The lowest BCUT2D eigenvalue weighted by atomic mass is 9.91. The van der Waals surface area contributed by atoms with Crippen LogP contribution in [0.1, 0.15) is 31.2 Å². The van der Waals surface area contributed by atoms with E-state index in [1.807, 2.05) is 30.3 Å². The van der Waals surface area contributed by atoms with Crippen molar-refractivity contribution in [2.45, 2.75) is 44.2 Å². The van der Waals surface area contributed by atoms with E-state index in [2.05, 4.69) is 4.90 Å². The van der Waals surface area contributed by atoms with Crippen LogP contribution in [0.4, 0.5) is 0 Å². The van der Waals surface area contributed by atoms with Crippen molar-refractivity contribution in [1.29, 1.82) is 0 Å². The van der Waals surface area contributed by atoms with Crippen molar-refractivity contribution in [2.24, 2.45) is 0 Å². The first-order valence-electron chi connectivity index (χ1n) is 8.38. The maximum Gasteiger partial charge on any atom is 0.310 e. The van der Waals surface area contributed by atoms with E-state index in [0.717, 1.165) is 51.1 Å². The molecule has 1 aromatic rings. The molecule has 0 spiro atoms. The fourth-order valence-electron chi connectivity index (χ4n) is 3.51. The standard InChI is InChI=1S/C18H25NO3/c20-18(14-15-6-2-1-3-7-15)22-17-9-5-4-8-16(17)19-10-12-21-13-11-19/h1-3,6-7,16-17H,4-5,8-14H2. The van der Waals surface area contributed by atoms with Crippen LogP contribution in [0.15, 0.2) is 30.3 Å². The van der Waals surface area contributed by atoms with Gasteiger partial charge in [0.1, 0.15) is 6.10 Å². The van der Waals surface area contributed by atoms with E-state index >= 15 is 0 Å². The summed E-state index contributed by atoms with van der Waals surface area (Å²) in [5, 5.41) is 0. The fraction of sp³-hybridized carbons (Fsp3) is 0.611. The summed E-state index contributed by atoms with van der Waals surface area (Å²) >= 11 is 0. The van der Waals surface area contributed by atoms with Gasteiger partial charge in [0.15, 0.2) is 0 Å². The second-order valence-electron chi connectivity index (χ2n) is 6.19. The summed E-state index contributed by atoms with van der Waals surface area (Å²) in [6.45, 7) is 3.50. The Hall–Kier alpha value is -1.39. The Bertz CT molecular complexity index is 470. The third-order valence-corrected chi connectivity index (χ3v) is 4.66. The molecule has 1 heterocycles. The van der Waals surface area contributed by atoms with Gasteiger partial charge in [-0.15, -0.1) is 0 Å². The summed E-state index contributed by atoms with van der Waals surface area (Å²) < 4.78 is 11.3. The molecule has 0 bridgehead atoms. The number of hydrogen-bond acceptors (Lipinski definition) is 4. The van der Waals surface area contributed by atoms with Gasteiger partial charge in [-0.1, -0.05) is 36.8 Å². The molecular formula is C18H25NO3. The van der Waals surface area contributed by atoms with Crippen LogP contribution in [0.3, 0.4) is 0 Å². The average molecular weight is 303 g/mol. The molecule has 0 radical (unpaired) electrons. The van der Waals surface area contributed by atoms with Gasteiger partial charge in [-0.05, 0) is 24.8 Å². The minimum Gasteiger partial charge on any atom is -0.460 e. The highest BCUT2D eigenvalue weighted by Gasteiger charge is 2.33. The molecular weight excluding hydrogens is 278 g/mol. The highest BCUT2D eigenvalue weighted by Crippen LogP contribution is 2.26. The lowest BCUT2D eigenvalue weighted by Gasteiger charge is -2.41. The van der Waals surface area contributed by atoms with Gasteiger partial charge in [-0.25, -0.2) is 0 Å². The van der Waals surface area contributed by atoms with Gasteiger partial charge < -0.3 is 9.47 Å². The Morgan fingerprint density at radius 1 is 1.14 bits per heavy atom. The van der Waals surface area contributed by atoms with Crippen molar-refractivity contribution in [2.75, 3.05) is 26.3 Å². The zero-order valence-electron chi connectivity index (χ0n) is 13.1. The third-order valence-electron chi connectivity index (χ3n) is 4.66. The number of ether oxygens (including phenoxy) is 2. The number of esters is 1. The molecule has 4 heteroatoms. The van der Waals surface area contributed by atoms with Gasteiger partial charge in [0.2, 0.25) is 0 Å². The van der Waals surface area contributed by atoms with Gasteiger partial charge in [0, 0.05) is 19.1 Å². The van der Waals surface area contributed by atoms with Crippen LogP contribution in [0.2, 0.25) is 0 Å². The van der Waals surface area contributed by atoms with Gasteiger partial charge in [-0.2, -0.15) is 0 Å². The predicted octanol–water partition coefficient (Wildman–Crippen LogP) is 2.42. The topological polar surface area (TPSA) is 38.8 Å². The van der Waals surface area contributed by atoms with E-state index in [1.165, 1.54) is 6.42 Å². The van der Waals surface area contributed by atoms with Crippen molar-refractivity contribution in [3.63, 3.8) is 0 Å². The zero-order chi connectivity index (χ0) is 15.2. The largest absolute Gasteiger partial charge is 0.460 e. The minimum atomic E-state index is -0.101. The molecule has 1 saturated heterocycles. The van der Waals surface area contributed by atoms with Crippen LogP contribution in [0.25, 0.3) is 0 Å². The summed E-state index contributed by atoms with van der Waals surface area (Å²) in [5.41, 5.74) is 1.02. The van der Waals surface area contributed by atoms with Crippen LogP contribution in [0, 0.1) is 0 Å². The number of benzene rings is 1. The lowest BCUT2D eigenvalue weighted by molar-refractivity contribution is -0.155. The van der Waals surface area contributed by atoms with Crippen molar-refractivity contribution < 1.29 is 14.3 Å². The number of morpholine rings is 1. The van der Waals surface area contributed by atoms with E-state index in [1.54, 1.807) is 0 Å². The second-order valence-corrected chi connectivity index (χ2v) is 6.19. The van der Waals surface area contributed by atoms with E-state index in [0.29, 0.717) is 12.5 Å². The molecule has 4 nitrogen and oxygen atoms in total. The summed E-state index contributed by atoms with van der Waals surface area (Å²) in [5.74, 6) is -0.101. The highest BCUT2D eigenvalue weighted by atomic mass is 16.5. The normalized spacial score (nSPS) is 26.5. The number of hydrogen-bond donors (Lipinski definition) is 0. The third kappa shape index (κ3) is 4.08. The Morgan fingerprint density at radius 3 is 2.64 bits per heavy atom. The van der Waals surface area contributed by atoms with Gasteiger partial charge in [-0.3, -0.25) is 9.69 Å². The first-order chi connectivity index (χ1) is 10.8. The maximum atomic E-state index is 12.2. The van der Waals surface area contributed by atoms with Gasteiger partial charge in [0.25, 0.3) is 0 Å². The SMILES string of the molecule is O=C(Cc1ccccc1)OC1CCCCC1N1CCOCC1. The monoisotopic (exact) mass is 303 g/mol. The zero-order valence-corrected chi connectivity index (χ0v) is 13.1. The van der Waals surface area contributed by atoms with E-state index < -0.39 is 0 Å². The van der Waals surface area contributed by atoms with Crippen molar-refractivity contribution in [3.8, 4) is 0 Å². The van der Waals surface area contributed by atoms with Crippen LogP contribution in [-0.2, 0) is 20.7 Å². The van der Waals surface area contributed by atoms with Crippen LogP contribution in [-0.4, -0.2) is 49.3 Å². The Morgan fingerprint density at radius 2 is 1.86 bits per heavy atom. The van der Waals surface area contributed by atoms with Gasteiger partial charge >= 0.3 is 5.97 Å². The molecule has 3 rings (SSSR count). The average Bonchev–Trinajstić information content (AvgIpc) is 2.57. The van der Waals surface area contributed by atoms with E-state index in [-0.39, 0.29) is 12.1 Å². The van der Waals surface area contributed by atoms with Gasteiger partial charge in [0.05, 0.1) is 19.6 Å². The number of carbonyl (C=O) groups excluding carboxylic acids is 1. The smallest absolute Gasteiger partial charge is 0.310 e. The molecule has 1 saturated carbocycles. The molecule has 1 aliphatic carbocycles. The Kier molecular flexibility index (Phi) is 5.46. The molecule has 120 valence electrons. The van der Waals surface area contributed by atoms with Crippen LogP contribution < -0.4 is 0 Å². The molecule has 1 aromatic carbocycles. The number of carbonyl (C=O) groups is 1. The molecule has 22 heavy (non-hydrogen) atoms. The molecule has 2 fully saturated rings. The van der Waals surface area contributed by atoms with E-state index in [4.69, 9.17) is 9.47 Å². The molecule has 2 atom stereocenters. The predicted molar refractivity (Wildman–Crippen MR) is 84.7 cm³/mol. The van der Waals surface area contributed by atoms with Crippen molar-refractivity contribution >= 4 is 5.97 Å². The molecule has 2 aliphatic rings. The molecule has 2 unspecified atom stereocenters. The summed E-state index contributed by atoms with van der Waals surface area (Å²) in [6, 6.07) is 10.2. The second kappa shape index (κ2) is 7.75. The molecule has 0 aromatic heterocycles. The lowest BCUT2D eigenvalue weighted by Crippen LogP contribution is -2.51. The maximum absolute atomic E-state index is 12.2. The first kappa shape index (κ1) is 15.5. The highest BCUT2D eigenvalue weighted by molar-refractivity contribution is 5.72. The van der Waals surface area contributed by atoms with Crippen molar-refractivity contribution in [3.05, 3.63) is 35.9 Å². The fourth-order valence-corrected chi connectivity index (χ4v) is 3.51. The Balaban J connectivity index is 1.57. The first-order valence-corrected chi connectivity index (χ1v) is 8.38. The number of nitrogens with zero attached hydrogens (tertiary/aromatic N) is 1. The molecule has 1 aliphatic heterocycles. The molecule has 0 amide bonds. The summed E-state index contributed by atoms with van der Waals surface area (Å²) in [6.07, 6.45) is 4.92. The quantitative estimate of drug-likeness (QED) is 0.801. The van der Waals surface area contributed by atoms with Crippen molar-refractivity contribution in [1.82, 2.24) is 4.90 Å². The summed E-state index contributed by atoms with van der Waals surface area (Å²) in [4.78, 5) is 14.7. The molecule has 0 N–H and O–H groups in total. The summed E-state index contributed by atoms with van der Waals surface area (Å²) in [7, 11) is 0. The number of rotatable bonds is 4. The Labute approximate surface area is 132 Å². The van der Waals surface area contributed by atoms with Crippen LogP contribution in [0.5, 0.6) is 0 Å². The van der Waals surface area contributed by atoms with E-state index in [9.17, 15) is 4.79 Å². The van der Waals surface area contributed by atoms with Crippen LogP contribution >= 0.6 is 0 Å².